The molecule has 9 nitrogen and oxygen atoms in total. The second-order valence-electron chi connectivity index (χ2n) is 8.60. The van der Waals surface area contributed by atoms with E-state index >= 15 is 0 Å². The number of carbonyl (C=O) groups is 3. The number of cyclic esters (lactones) is 1. The number of rotatable bonds is 10. The highest BCUT2D eigenvalue weighted by atomic mass is 19.1. The van der Waals surface area contributed by atoms with Crippen molar-refractivity contribution in [1.29, 1.82) is 0 Å². The normalized spacial score (nSPS) is 16.6. The first-order chi connectivity index (χ1) is 18.4. The average Bonchev–Trinajstić information content (AvgIpc) is 3.25. The fourth-order valence-corrected chi connectivity index (χ4v) is 4.12. The lowest BCUT2D eigenvalue weighted by molar-refractivity contribution is -0.126. The third kappa shape index (κ3) is 6.27. The third-order valence-electron chi connectivity index (χ3n) is 6.05. The van der Waals surface area contributed by atoms with Gasteiger partial charge in [-0.3, -0.25) is 14.5 Å². The number of halogens is 1. The predicted molar refractivity (Wildman–Crippen MR) is 137 cm³/mol. The molecule has 4 rings (SSSR count). The Bertz CT molecular complexity index is 1280. The van der Waals surface area contributed by atoms with Crippen LogP contribution in [0.2, 0.25) is 0 Å². The van der Waals surface area contributed by atoms with E-state index in [9.17, 15) is 18.8 Å². The molecule has 1 saturated heterocycles. The fourth-order valence-electron chi connectivity index (χ4n) is 4.12. The lowest BCUT2D eigenvalue weighted by Gasteiger charge is -2.24. The van der Waals surface area contributed by atoms with Crippen molar-refractivity contribution in [2.45, 2.75) is 18.7 Å². The summed E-state index contributed by atoms with van der Waals surface area (Å²) in [6, 6.07) is 18.1. The number of nitrogens with one attached hydrogen (secondary N) is 2. The van der Waals surface area contributed by atoms with Gasteiger partial charge < -0.3 is 24.8 Å². The Hall–Kier alpha value is -4.44. The molecule has 2 N–H and O–H groups in total. The zero-order chi connectivity index (χ0) is 27.1. The minimum atomic E-state index is -0.940. The zero-order valence-corrected chi connectivity index (χ0v) is 21.0. The molecule has 38 heavy (non-hydrogen) atoms. The van der Waals surface area contributed by atoms with Gasteiger partial charge in [-0.15, -0.1) is 0 Å². The van der Waals surface area contributed by atoms with Gasteiger partial charge in [0, 0.05) is 24.9 Å². The van der Waals surface area contributed by atoms with E-state index in [1.54, 1.807) is 49.6 Å². The second-order valence-corrected chi connectivity index (χ2v) is 8.60. The highest BCUT2D eigenvalue weighted by Gasteiger charge is 2.46. The molecule has 1 aliphatic heterocycles. The summed E-state index contributed by atoms with van der Waals surface area (Å²) in [5.74, 6) is -0.580. The maximum Gasteiger partial charge on any atom is 0.411 e. The van der Waals surface area contributed by atoms with Gasteiger partial charge in [0.25, 0.3) is 5.91 Å². The Labute approximate surface area is 219 Å². The summed E-state index contributed by atoms with van der Waals surface area (Å²) >= 11 is 0. The van der Waals surface area contributed by atoms with Gasteiger partial charge >= 0.3 is 6.09 Å². The number of benzene rings is 3. The van der Waals surface area contributed by atoms with Crippen molar-refractivity contribution in [3.8, 4) is 5.75 Å². The molecule has 198 valence electrons. The van der Waals surface area contributed by atoms with Crippen molar-refractivity contribution in [2.24, 2.45) is 0 Å². The molecule has 3 aromatic rings. The SMILES string of the molecule is COCCNC(=O)[C@@H]1[C@@H](c2ccc(NC(=O)c3ccc(F)cc3)cc2)OC(=O)N1Cc1cccc(OC)c1. The zero-order valence-electron chi connectivity index (χ0n) is 21.0. The van der Waals surface area contributed by atoms with E-state index in [1.165, 1.54) is 36.3 Å². The van der Waals surface area contributed by atoms with Crippen LogP contribution in [0, 0.1) is 5.82 Å². The standard InChI is InChI=1S/C28H28FN3O6/c1-36-15-14-30-27(34)24-25(38-28(35)32(24)17-18-4-3-5-23(16-18)37-2)19-8-12-22(13-9-19)31-26(33)20-6-10-21(29)11-7-20/h3-13,16,24-25H,14-15,17H2,1-2H3,(H,30,34)(H,31,33)/t24-,25+/m0/s1. The molecule has 3 aromatic carbocycles. The number of hydrogen-bond acceptors (Lipinski definition) is 6. The van der Waals surface area contributed by atoms with Gasteiger partial charge in [0.2, 0.25) is 5.91 Å². The van der Waals surface area contributed by atoms with E-state index in [2.05, 4.69) is 10.6 Å². The minimum absolute atomic E-state index is 0.140. The van der Waals surface area contributed by atoms with Crippen molar-refractivity contribution in [1.82, 2.24) is 10.2 Å². The molecule has 1 fully saturated rings. The monoisotopic (exact) mass is 521 g/mol. The van der Waals surface area contributed by atoms with Gasteiger partial charge in [-0.1, -0.05) is 24.3 Å². The molecule has 1 heterocycles. The van der Waals surface area contributed by atoms with Crippen molar-refractivity contribution < 1.29 is 33.0 Å². The van der Waals surface area contributed by atoms with Crippen LogP contribution in [0.1, 0.15) is 27.6 Å². The Morgan fingerprint density at radius 1 is 1.03 bits per heavy atom. The number of ether oxygens (including phenoxy) is 3. The fraction of sp³-hybridized carbons (Fsp3) is 0.250. The molecular formula is C28H28FN3O6. The predicted octanol–water partition coefficient (Wildman–Crippen LogP) is 3.91. The molecule has 0 unspecified atom stereocenters. The first-order valence-electron chi connectivity index (χ1n) is 11.9. The molecular weight excluding hydrogens is 493 g/mol. The van der Waals surface area contributed by atoms with E-state index < -0.39 is 30.0 Å². The van der Waals surface area contributed by atoms with Crippen molar-refractivity contribution in [2.75, 3.05) is 32.7 Å². The maximum atomic E-state index is 13.2. The summed E-state index contributed by atoms with van der Waals surface area (Å²) in [4.78, 5) is 40.0. The molecule has 3 amide bonds. The lowest BCUT2D eigenvalue weighted by atomic mass is 10.00. The van der Waals surface area contributed by atoms with Crippen LogP contribution < -0.4 is 15.4 Å². The number of anilines is 1. The van der Waals surface area contributed by atoms with Crippen LogP contribution in [0.25, 0.3) is 0 Å². The van der Waals surface area contributed by atoms with Gasteiger partial charge in [0.15, 0.2) is 12.1 Å². The Morgan fingerprint density at radius 2 is 1.76 bits per heavy atom. The van der Waals surface area contributed by atoms with E-state index in [4.69, 9.17) is 14.2 Å². The van der Waals surface area contributed by atoms with Gasteiger partial charge in [-0.2, -0.15) is 0 Å². The van der Waals surface area contributed by atoms with Crippen molar-refractivity contribution >= 4 is 23.6 Å². The highest BCUT2D eigenvalue weighted by molar-refractivity contribution is 6.04. The Morgan fingerprint density at radius 3 is 2.45 bits per heavy atom. The topological polar surface area (TPSA) is 106 Å². The number of methoxy groups -OCH3 is 2. The van der Waals surface area contributed by atoms with Gasteiger partial charge in [-0.25, -0.2) is 9.18 Å². The molecule has 2 atom stereocenters. The Kier molecular flexibility index (Phi) is 8.55. The van der Waals surface area contributed by atoms with Crippen LogP contribution in [0.15, 0.2) is 72.8 Å². The number of carbonyl (C=O) groups excluding carboxylic acids is 3. The smallest absolute Gasteiger partial charge is 0.411 e. The summed E-state index contributed by atoms with van der Waals surface area (Å²) in [5, 5.41) is 5.54. The quantitative estimate of drug-likeness (QED) is 0.392. The summed E-state index contributed by atoms with van der Waals surface area (Å²) < 4.78 is 29.1. The number of amides is 3. The Balaban J connectivity index is 1.54. The van der Waals surface area contributed by atoms with Crippen LogP contribution >= 0.6 is 0 Å². The summed E-state index contributed by atoms with van der Waals surface area (Å²) in [5.41, 5.74) is 2.15. The van der Waals surface area contributed by atoms with Crippen LogP contribution in [0.5, 0.6) is 5.75 Å². The van der Waals surface area contributed by atoms with Crippen LogP contribution in [-0.4, -0.2) is 56.2 Å². The molecule has 10 heteroatoms. The van der Waals surface area contributed by atoms with Gasteiger partial charge in [0.1, 0.15) is 11.6 Å². The van der Waals surface area contributed by atoms with E-state index in [0.717, 1.165) is 5.56 Å². The van der Waals surface area contributed by atoms with Crippen LogP contribution in [0.3, 0.4) is 0 Å². The summed E-state index contributed by atoms with van der Waals surface area (Å²) in [6.45, 7) is 0.727. The van der Waals surface area contributed by atoms with Crippen LogP contribution in [-0.2, 0) is 20.8 Å². The minimum Gasteiger partial charge on any atom is -0.497 e. The van der Waals surface area contributed by atoms with E-state index in [1.807, 2.05) is 6.07 Å². The number of hydrogen-bond donors (Lipinski definition) is 2. The van der Waals surface area contributed by atoms with Crippen LogP contribution in [0.4, 0.5) is 14.9 Å². The molecule has 0 saturated carbocycles. The summed E-state index contributed by atoms with van der Waals surface area (Å²) in [7, 11) is 3.08. The first-order valence-corrected chi connectivity index (χ1v) is 11.9. The molecule has 1 aliphatic rings. The highest BCUT2D eigenvalue weighted by Crippen LogP contribution is 2.35. The maximum absolute atomic E-state index is 13.2. The largest absolute Gasteiger partial charge is 0.497 e. The summed E-state index contributed by atoms with van der Waals surface area (Å²) in [6.07, 6.45) is -1.50. The van der Waals surface area contributed by atoms with Gasteiger partial charge in [0.05, 0.1) is 20.3 Å². The first kappa shape index (κ1) is 26.6. The second kappa shape index (κ2) is 12.2. The van der Waals surface area contributed by atoms with E-state index in [-0.39, 0.29) is 19.0 Å². The number of nitrogens with zero attached hydrogens (tertiary/aromatic N) is 1. The van der Waals surface area contributed by atoms with E-state index in [0.29, 0.717) is 29.2 Å². The molecule has 0 aromatic heterocycles. The van der Waals surface area contributed by atoms with Crippen molar-refractivity contribution in [3.63, 3.8) is 0 Å². The molecule has 0 radical (unpaired) electrons. The molecule has 0 spiro atoms. The average molecular weight is 522 g/mol. The lowest BCUT2D eigenvalue weighted by Crippen LogP contribution is -2.47. The molecule has 0 bridgehead atoms. The van der Waals surface area contributed by atoms with Crippen molar-refractivity contribution in [3.05, 3.63) is 95.3 Å². The van der Waals surface area contributed by atoms with Gasteiger partial charge in [-0.05, 0) is 59.7 Å². The molecule has 0 aliphatic carbocycles. The third-order valence-corrected chi connectivity index (χ3v) is 6.05.